The number of hydrogen-bond donors (Lipinski definition) is 0. The second-order valence-electron chi connectivity index (χ2n) is 4.62. The highest BCUT2D eigenvalue weighted by Gasteiger charge is 2.15. The summed E-state index contributed by atoms with van der Waals surface area (Å²) in [5.41, 5.74) is 1.16. The average molecular weight is 259 g/mol. The van der Waals surface area contributed by atoms with Gasteiger partial charge in [-0.25, -0.2) is 0 Å². The Hall–Kier alpha value is -0.700. The van der Waals surface area contributed by atoms with E-state index < -0.39 is 0 Å². The van der Waals surface area contributed by atoms with Gasteiger partial charge in [0, 0.05) is 11.4 Å². The molecule has 1 aromatic heterocycles. The van der Waals surface area contributed by atoms with Gasteiger partial charge in [0.25, 0.3) is 0 Å². The Morgan fingerprint density at radius 2 is 2.12 bits per heavy atom. The number of nitrogens with zero attached hydrogens (tertiary/aromatic N) is 2. The van der Waals surface area contributed by atoms with E-state index >= 15 is 0 Å². The van der Waals surface area contributed by atoms with E-state index in [1.54, 1.807) is 13.3 Å². The van der Waals surface area contributed by atoms with Gasteiger partial charge in [0.05, 0.1) is 19.0 Å². The normalized spacial score (nSPS) is 13.1. The van der Waals surface area contributed by atoms with Gasteiger partial charge in [-0.3, -0.25) is 4.68 Å². The van der Waals surface area contributed by atoms with Crippen LogP contribution in [-0.2, 0) is 6.42 Å². The summed E-state index contributed by atoms with van der Waals surface area (Å²) in [6.07, 6.45) is 5.90. The van der Waals surface area contributed by atoms with Crippen LogP contribution in [0, 0.1) is 0 Å². The Kier molecular flexibility index (Phi) is 5.83. The van der Waals surface area contributed by atoms with E-state index in [0.717, 1.165) is 37.1 Å². The summed E-state index contributed by atoms with van der Waals surface area (Å²) in [5.74, 6) is 0.874. The van der Waals surface area contributed by atoms with Crippen LogP contribution in [0.2, 0.25) is 0 Å². The van der Waals surface area contributed by atoms with Gasteiger partial charge in [-0.05, 0) is 33.1 Å². The molecule has 4 heteroatoms. The summed E-state index contributed by atoms with van der Waals surface area (Å²) >= 11 is 6.25. The monoisotopic (exact) mass is 258 g/mol. The summed E-state index contributed by atoms with van der Waals surface area (Å²) in [7, 11) is 1.69. The summed E-state index contributed by atoms with van der Waals surface area (Å²) in [5, 5.41) is 4.61. The fraction of sp³-hybridized carbons (Fsp3) is 0.769. The van der Waals surface area contributed by atoms with Gasteiger partial charge < -0.3 is 4.74 Å². The van der Waals surface area contributed by atoms with Crippen molar-refractivity contribution in [1.82, 2.24) is 9.78 Å². The first-order chi connectivity index (χ1) is 8.10. The lowest BCUT2D eigenvalue weighted by Crippen LogP contribution is -2.10. The van der Waals surface area contributed by atoms with Crippen LogP contribution in [0.3, 0.4) is 0 Å². The summed E-state index contributed by atoms with van der Waals surface area (Å²) < 4.78 is 7.36. The first kappa shape index (κ1) is 14.4. The van der Waals surface area contributed by atoms with Crippen molar-refractivity contribution in [3.8, 4) is 5.75 Å². The smallest absolute Gasteiger partial charge is 0.159 e. The van der Waals surface area contributed by atoms with Crippen LogP contribution in [0.5, 0.6) is 5.75 Å². The van der Waals surface area contributed by atoms with Crippen molar-refractivity contribution in [3.05, 3.63) is 11.9 Å². The van der Waals surface area contributed by atoms with Crippen LogP contribution in [-0.4, -0.2) is 22.3 Å². The van der Waals surface area contributed by atoms with Crippen molar-refractivity contribution in [1.29, 1.82) is 0 Å². The summed E-state index contributed by atoms with van der Waals surface area (Å²) in [4.78, 5) is 0. The molecular formula is C13H23ClN2O. The molecule has 0 bridgehead atoms. The highest BCUT2D eigenvalue weighted by molar-refractivity contribution is 6.20. The van der Waals surface area contributed by atoms with Crippen molar-refractivity contribution in [2.45, 2.75) is 57.9 Å². The minimum absolute atomic E-state index is 0.250. The molecule has 0 saturated carbocycles. The lowest BCUT2D eigenvalue weighted by Gasteiger charge is -2.13. The van der Waals surface area contributed by atoms with Gasteiger partial charge in [-0.1, -0.05) is 13.3 Å². The number of rotatable bonds is 7. The third-order valence-corrected chi connectivity index (χ3v) is 3.30. The molecule has 0 N–H and O–H groups in total. The van der Waals surface area contributed by atoms with Crippen molar-refractivity contribution in [3.63, 3.8) is 0 Å². The van der Waals surface area contributed by atoms with Crippen LogP contribution < -0.4 is 4.74 Å². The van der Waals surface area contributed by atoms with E-state index in [4.69, 9.17) is 16.3 Å². The van der Waals surface area contributed by atoms with E-state index in [9.17, 15) is 0 Å². The quantitative estimate of drug-likeness (QED) is 0.696. The number of halogens is 1. The van der Waals surface area contributed by atoms with Gasteiger partial charge in [0.15, 0.2) is 5.75 Å². The zero-order valence-electron chi connectivity index (χ0n) is 11.2. The van der Waals surface area contributed by atoms with Gasteiger partial charge in [-0.15, -0.1) is 11.6 Å². The molecule has 3 nitrogen and oxygen atoms in total. The lowest BCUT2D eigenvalue weighted by molar-refractivity contribution is 0.402. The summed E-state index contributed by atoms with van der Waals surface area (Å²) in [6.45, 7) is 6.41. The van der Waals surface area contributed by atoms with Crippen LogP contribution in [0.1, 0.15) is 51.8 Å². The molecule has 1 aromatic rings. The molecule has 1 rings (SSSR count). The fourth-order valence-corrected chi connectivity index (χ4v) is 2.30. The molecule has 0 saturated heterocycles. The lowest BCUT2D eigenvalue weighted by atomic mass is 10.1. The van der Waals surface area contributed by atoms with Crippen molar-refractivity contribution in [2.75, 3.05) is 7.11 Å². The van der Waals surface area contributed by atoms with Crippen molar-refractivity contribution < 1.29 is 4.74 Å². The number of methoxy groups -OCH3 is 1. The van der Waals surface area contributed by atoms with Gasteiger partial charge >= 0.3 is 0 Å². The maximum absolute atomic E-state index is 6.25. The molecule has 0 aliphatic rings. The standard InChI is InChI=1S/C13H23ClN2O/c1-5-6-11(14)7-8-12-13(17-4)9-15-16(12)10(2)3/h9-11H,5-8H2,1-4H3. The molecule has 0 amide bonds. The Balaban J connectivity index is 2.70. The van der Waals surface area contributed by atoms with E-state index in [1.807, 2.05) is 4.68 Å². The van der Waals surface area contributed by atoms with E-state index in [0.29, 0.717) is 6.04 Å². The molecule has 0 aliphatic heterocycles. The molecule has 0 aliphatic carbocycles. The molecule has 0 fully saturated rings. The molecule has 1 unspecified atom stereocenters. The molecular weight excluding hydrogens is 236 g/mol. The van der Waals surface area contributed by atoms with Crippen molar-refractivity contribution in [2.24, 2.45) is 0 Å². The average Bonchev–Trinajstić information content (AvgIpc) is 2.69. The maximum Gasteiger partial charge on any atom is 0.159 e. The molecule has 0 radical (unpaired) electrons. The SMILES string of the molecule is CCCC(Cl)CCc1c(OC)cnn1C(C)C. The van der Waals surface area contributed by atoms with Crippen molar-refractivity contribution >= 4 is 11.6 Å². The number of hydrogen-bond acceptors (Lipinski definition) is 2. The highest BCUT2D eigenvalue weighted by atomic mass is 35.5. The van der Waals surface area contributed by atoms with Gasteiger partial charge in [0.2, 0.25) is 0 Å². The number of alkyl halides is 1. The second-order valence-corrected chi connectivity index (χ2v) is 5.24. The van der Waals surface area contributed by atoms with Crippen LogP contribution >= 0.6 is 11.6 Å². The van der Waals surface area contributed by atoms with Crippen LogP contribution in [0.25, 0.3) is 0 Å². The largest absolute Gasteiger partial charge is 0.493 e. The van der Waals surface area contributed by atoms with E-state index in [1.165, 1.54) is 0 Å². The molecule has 1 heterocycles. The minimum Gasteiger partial charge on any atom is -0.493 e. The zero-order valence-corrected chi connectivity index (χ0v) is 12.0. The maximum atomic E-state index is 6.25. The van der Waals surface area contributed by atoms with E-state index in [-0.39, 0.29) is 5.38 Å². The third kappa shape index (κ3) is 3.91. The van der Waals surface area contributed by atoms with E-state index in [2.05, 4.69) is 25.9 Å². The Morgan fingerprint density at radius 3 is 2.65 bits per heavy atom. The van der Waals surface area contributed by atoms with Crippen LogP contribution in [0.4, 0.5) is 0 Å². The number of ether oxygens (including phenoxy) is 1. The molecule has 0 aromatic carbocycles. The molecule has 17 heavy (non-hydrogen) atoms. The highest BCUT2D eigenvalue weighted by Crippen LogP contribution is 2.24. The Labute approximate surface area is 109 Å². The first-order valence-corrected chi connectivity index (χ1v) is 6.78. The Morgan fingerprint density at radius 1 is 1.41 bits per heavy atom. The minimum atomic E-state index is 0.250. The van der Waals surface area contributed by atoms with Gasteiger partial charge in [0.1, 0.15) is 0 Å². The predicted octanol–water partition coefficient (Wildman–Crippen LogP) is 3.81. The zero-order chi connectivity index (χ0) is 12.8. The Bertz CT molecular complexity index is 336. The topological polar surface area (TPSA) is 27.1 Å². The summed E-state index contributed by atoms with van der Waals surface area (Å²) in [6, 6.07) is 0.355. The van der Waals surface area contributed by atoms with Crippen LogP contribution in [0.15, 0.2) is 6.20 Å². The molecule has 98 valence electrons. The number of aromatic nitrogens is 2. The molecule has 1 atom stereocenters. The first-order valence-electron chi connectivity index (χ1n) is 6.34. The second kappa shape index (κ2) is 6.90. The molecule has 0 spiro atoms. The van der Waals surface area contributed by atoms with Gasteiger partial charge in [-0.2, -0.15) is 5.10 Å². The predicted molar refractivity (Wildman–Crippen MR) is 72.0 cm³/mol. The fourth-order valence-electron chi connectivity index (χ4n) is 1.98. The third-order valence-electron chi connectivity index (χ3n) is 2.87.